The summed E-state index contributed by atoms with van der Waals surface area (Å²) in [6.45, 7) is 2.62. The van der Waals surface area contributed by atoms with Gasteiger partial charge in [0.1, 0.15) is 48.8 Å². The first-order chi connectivity index (χ1) is 26.8. The minimum atomic E-state index is -0.873. The molecule has 0 amide bonds. The average molecular weight is 787 g/mol. The van der Waals surface area contributed by atoms with Gasteiger partial charge in [-0.2, -0.15) is 0 Å². The molecule has 2 aliphatic rings. The van der Waals surface area contributed by atoms with Crippen molar-refractivity contribution >= 4 is 5.97 Å². The number of ether oxygens (including phenoxy) is 12. The van der Waals surface area contributed by atoms with Gasteiger partial charge in [-0.15, -0.1) is 0 Å². The van der Waals surface area contributed by atoms with Crippen molar-refractivity contribution in [3.8, 4) is 5.95 Å². The molecule has 0 aliphatic carbocycles. The number of hydrogen-bond acceptors (Lipinski definition) is 14. The normalized spacial score (nSPS) is 29.2. The lowest BCUT2D eigenvalue weighted by atomic mass is 9.96. The van der Waals surface area contributed by atoms with E-state index >= 15 is 0 Å². The lowest BCUT2D eigenvalue weighted by Gasteiger charge is -2.49. The maximum Gasteiger partial charge on any atom is 0.313 e. The predicted octanol–water partition coefficient (Wildman–Crippen LogP) is 6.42. The molecule has 14 nitrogen and oxygen atoms in total. The highest BCUT2D eigenvalue weighted by Crippen LogP contribution is 2.35. The first-order valence-corrected chi connectivity index (χ1v) is 20.0. The van der Waals surface area contributed by atoms with Crippen molar-refractivity contribution in [1.82, 2.24) is 0 Å². The van der Waals surface area contributed by atoms with Crippen molar-refractivity contribution in [1.29, 1.82) is 0 Å². The maximum atomic E-state index is 11.8. The second-order valence-electron chi connectivity index (χ2n) is 14.2. The number of hydrogen-bond donors (Lipinski definition) is 0. The van der Waals surface area contributed by atoms with Gasteiger partial charge in [0, 0.05) is 62.3 Å². The van der Waals surface area contributed by atoms with E-state index in [0.717, 1.165) is 64.2 Å². The van der Waals surface area contributed by atoms with Gasteiger partial charge in [0.2, 0.25) is 0 Å². The summed E-state index contributed by atoms with van der Waals surface area (Å²) in [6.07, 6.45) is 13.3. The summed E-state index contributed by atoms with van der Waals surface area (Å²) >= 11 is 0. The Hall–Kier alpha value is -1.95. The van der Waals surface area contributed by atoms with Gasteiger partial charge >= 0.3 is 5.97 Å². The molecule has 1 aromatic rings. The van der Waals surface area contributed by atoms with Crippen LogP contribution in [0.2, 0.25) is 0 Å². The fourth-order valence-corrected chi connectivity index (χ4v) is 7.35. The van der Waals surface area contributed by atoms with Gasteiger partial charge < -0.3 is 61.3 Å². The Bertz CT molecular complexity index is 1130. The molecule has 14 heteroatoms. The first-order valence-electron chi connectivity index (χ1n) is 20.0. The lowest BCUT2D eigenvalue weighted by Crippen LogP contribution is -2.66. The van der Waals surface area contributed by atoms with Gasteiger partial charge in [-0.05, 0) is 51.5 Å². The van der Waals surface area contributed by atoms with Crippen molar-refractivity contribution in [3.05, 3.63) is 30.5 Å². The number of methoxy groups -OCH3 is 7. The molecule has 0 aromatic carbocycles. The summed E-state index contributed by atoms with van der Waals surface area (Å²) < 4.78 is 76.6. The molecule has 0 radical (unpaired) electrons. The molecule has 2 aliphatic heterocycles. The molecule has 2 fully saturated rings. The third-order valence-electron chi connectivity index (χ3n) is 10.2. The smallest absolute Gasteiger partial charge is 0.313 e. The third kappa shape index (κ3) is 15.7. The largest absolute Gasteiger partial charge is 0.434 e. The number of carbonyl (C=O) groups is 1. The number of furan rings is 1. The van der Waals surface area contributed by atoms with Crippen LogP contribution < -0.4 is 4.74 Å². The summed E-state index contributed by atoms with van der Waals surface area (Å²) in [4.78, 5) is 11.8. The lowest BCUT2D eigenvalue weighted by molar-refractivity contribution is -0.377. The monoisotopic (exact) mass is 786 g/mol. The molecule has 55 heavy (non-hydrogen) atoms. The number of rotatable bonds is 29. The van der Waals surface area contributed by atoms with Gasteiger partial charge in [0.15, 0.2) is 12.6 Å². The summed E-state index contributed by atoms with van der Waals surface area (Å²) in [6, 6.07) is 3.34. The highest BCUT2D eigenvalue weighted by atomic mass is 16.8. The third-order valence-corrected chi connectivity index (χ3v) is 10.2. The van der Waals surface area contributed by atoms with Crippen LogP contribution in [-0.4, -0.2) is 136 Å². The second kappa shape index (κ2) is 27.6. The molecule has 0 saturated carbocycles. The molecular formula is C41H70O14. The van der Waals surface area contributed by atoms with E-state index in [1.54, 1.807) is 61.9 Å². The predicted molar refractivity (Wildman–Crippen MR) is 204 cm³/mol. The van der Waals surface area contributed by atoms with E-state index < -0.39 is 61.4 Å². The molecule has 0 spiro atoms. The molecule has 0 bridgehead atoms. The topological polar surface area (TPSA) is 141 Å². The number of carbonyl (C=O) groups excluding carboxylic acids is 1. The Morgan fingerprint density at radius 1 is 0.655 bits per heavy atom. The van der Waals surface area contributed by atoms with Crippen LogP contribution in [0.5, 0.6) is 5.95 Å². The molecule has 11 unspecified atom stereocenters. The molecule has 3 rings (SSSR count). The minimum Gasteiger partial charge on any atom is -0.434 e. The van der Waals surface area contributed by atoms with Crippen LogP contribution >= 0.6 is 0 Å². The molecular weight excluding hydrogens is 716 g/mol. The van der Waals surface area contributed by atoms with Crippen LogP contribution in [0, 0.1) is 0 Å². The van der Waals surface area contributed by atoms with Crippen LogP contribution in [0.3, 0.4) is 0 Å². The van der Waals surface area contributed by atoms with E-state index in [2.05, 4.69) is 19.1 Å². The van der Waals surface area contributed by atoms with Gasteiger partial charge in [0.25, 0.3) is 5.95 Å². The SMILES string of the molecule is COCC1OC(OC2C(OC(C)CCCCCC/C=C\CCCCCCCC(=O)Oc3ccco3)OC(COC)C(OC)C2OC)C(OC)C(OC)C1OC. The maximum absolute atomic E-state index is 11.8. The Labute approximate surface area is 329 Å². The van der Waals surface area contributed by atoms with Crippen molar-refractivity contribution in [2.75, 3.05) is 63.0 Å². The fraction of sp³-hybridized carbons (Fsp3) is 0.829. The van der Waals surface area contributed by atoms with E-state index in [4.69, 9.17) is 61.3 Å². The van der Waals surface area contributed by atoms with Crippen molar-refractivity contribution in [2.24, 2.45) is 0 Å². The van der Waals surface area contributed by atoms with Gasteiger partial charge in [0.05, 0.1) is 25.6 Å². The molecule has 11 atom stereocenters. The van der Waals surface area contributed by atoms with Crippen molar-refractivity contribution in [2.45, 2.75) is 158 Å². The van der Waals surface area contributed by atoms with Crippen LogP contribution in [0.25, 0.3) is 0 Å². The number of esters is 1. The zero-order valence-corrected chi connectivity index (χ0v) is 34.6. The highest BCUT2D eigenvalue weighted by Gasteiger charge is 2.53. The Balaban J connectivity index is 1.41. The van der Waals surface area contributed by atoms with Gasteiger partial charge in [-0.3, -0.25) is 4.79 Å². The molecule has 2 saturated heterocycles. The van der Waals surface area contributed by atoms with E-state index in [1.165, 1.54) is 19.1 Å². The average Bonchev–Trinajstić information content (AvgIpc) is 3.69. The quantitative estimate of drug-likeness (QED) is 0.0501. The standard InChI is InChI=1S/C41H70O14/c1-29(23-20-18-16-14-12-10-9-11-13-15-17-19-21-24-32(42)54-33-25-22-26-50-33)51-41-39(37(48-7)35(46-5)31(53-41)28-44-3)55-40-38(49-8)36(47-6)34(45-4)30(52-40)27-43-2/h9-10,22,25-26,29-31,34-41H,11-21,23-24,27-28H2,1-8H3/b10-9-. The van der Waals surface area contributed by atoms with Gasteiger partial charge in [-0.1, -0.05) is 50.7 Å². The van der Waals surface area contributed by atoms with Crippen molar-refractivity contribution in [3.63, 3.8) is 0 Å². The van der Waals surface area contributed by atoms with Crippen LogP contribution in [-0.2, 0) is 56.9 Å². The van der Waals surface area contributed by atoms with E-state index in [1.807, 2.05) is 0 Å². The van der Waals surface area contributed by atoms with E-state index in [9.17, 15) is 4.79 Å². The molecule has 3 heterocycles. The zero-order valence-electron chi connectivity index (χ0n) is 34.6. The van der Waals surface area contributed by atoms with E-state index in [0.29, 0.717) is 13.0 Å². The molecule has 0 N–H and O–H groups in total. The van der Waals surface area contributed by atoms with Crippen LogP contribution in [0.1, 0.15) is 90.4 Å². The van der Waals surface area contributed by atoms with Crippen LogP contribution in [0.15, 0.2) is 35.0 Å². The Kier molecular flexibility index (Phi) is 23.8. The summed E-state index contributed by atoms with van der Waals surface area (Å²) in [5, 5.41) is 0. The number of allylic oxidation sites excluding steroid dienone is 2. The number of unbranched alkanes of at least 4 members (excludes halogenated alkanes) is 9. The first kappa shape index (κ1) is 47.4. The van der Waals surface area contributed by atoms with E-state index in [-0.39, 0.29) is 24.6 Å². The van der Waals surface area contributed by atoms with Crippen molar-refractivity contribution < 1.29 is 66.1 Å². The molecule has 318 valence electrons. The summed E-state index contributed by atoms with van der Waals surface area (Å²) in [7, 11) is 11.3. The molecule has 1 aromatic heterocycles. The Morgan fingerprint density at radius 2 is 1.18 bits per heavy atom. The minimum absolute atomic E-state index is 0.109. The fourth-order valence-electron chi connectivity index (χ4n) is 7.35. The summed E-state index contributed by atoms with van der Waals surface area (Å²) in [5.74, 6) is 0.0225. The second-order valence-corrected chi connectivity index (χ2v) is 14.2. The highest BCUT2D eigenvalue weighted by molar-refractivity contribution is 5.71. The summed E-state index contributed by atoms with van der Waals surface area (Å²) in [5.41, 5.74) is 0. The van der Waals surface area contributed by atoms with Gasteiger partial charge in [-0.25, -0.2) is 0 Å². The zero-order chi connectivity index (χ0) is 39.8. The van der Waals surface area contributed by atoms with Crippen LogP contribution in [0.4, 0.5) is 0 Å². The Morgan fingerprint density at radius 3 is 1.73 bits per heavy atom.